The Morgan fingerprint density at radius 1 is 1.13 bits per heavy atom. The van der Waals surface area contributed by atoms with Crippen LogP contribution in [0.4, 0.5) is 0 Å². The summed E-state index contributed by atoms with van der Waals surface area (Å²) in [6.07, 6.45) is 0.432. The van der Waals surface area contributed by atoms with Gasteiger partial charge in [-0.2, -0.15) is 0 Å². The number of carboxylic acid groups (broad SMARTS) is 1. The number of carbonyl (C=O) groups excluding carboxylic acids is 1. The van der Waals surface area contributed by atoms with Crippen LogP contribution in [0.25, 0.3) is 0 Å². The van der Waals surface area contributed by atoms with Crippen LogP contribution in [0, 0.1) is 5.92 Å². The Bertz CT molecular complexity index is 500. The van der Waals surface area contributed by atoms with E-state index in [-0.39, 0.29) is 24.4 Å². The summed E-state index contributed by atoms with van der Waals surface area (Å²) in [6, 6.07) is 9.30. The van der Waals surface area contributed by atoms with E-state index in [4.69, 9.17) is 0 Å². The highest BCUT2D eigenvalue weighted by Gasteiger charge is 2.22. The van der Waals surface area contributed by atoms with Crippen LogP contribution < -0.4 is 5.32 Å². The molecule has 0 saturated heterocycles. The molecule has 0 saturated carbocycles. The fourth-order valence-electron chi connectivity index (χ4n) is 2.36. The van der Waals surface area contributed by atoms with Gasteiger partial charge in [0.15, 0.2) is 0 Å². The van der Waals surface area contributed by atoms with E-state index >= 15 is 0 Å². The van der Waals surface area contributed by atoms with E-state index in [1.807, 2.05) is 62.9 Å². The first-order valence-corrected chi connectivity index (χ1v) is 8.09. The Morgan fingerprint density at radius 2 is 1.74 bits per heavy atom. The number of amides is 1. The van der Waals surface area contributed by atoms with Crippen LogP contribution in [0.5, 0.6) is 0 Å². The van der Waals surface area contributed by atoms with Crippen molar-refractivity contribution in [1.29, 1.82) is 0 Å². The molecule has 23 heavy (non-hydrogen) atoms. The molecule has 1 atom stereocenters. The second kappa shape index (κ2) is 9.30. The molecule has 1 amide bonds. The molecular weight excluding hydrogens is 292 g/mol. The van der Waals surface area contributed by atoms with Crippen molar-refractivity contribution in [1.82, 2.24) is 10.2 Å². The number of aliphatic carboxylic acids is 1. The molecule has 0 spiro atoms. The van der Waals surface area contributed by atoms with Gasteiger partial charge >= 0.3 is 5.97 Å². The van der Waals surface area contributed by atoms with Crippen molar-refractivity contribution in [3.63, 3.8) is 0 Å². The first-order valence-electron chi connectivity index (χ1n) is 8.09. The van der Waals surface area contributed by atoms with Gasteiger partial charge in [-0.3, -0.25) is 9.69 Å². The average molecular weight is 320 g/mol. The molecule has 0 aliphatic carbocycles. The highest BCUT2D eigenvalue weighted by molar-refractivity contribution is 5.84. The highest BCUT2D eigenvalue weighted by Crippen LogP contribution is 2.09. The molecule has 0 radical (unpaired) electrons. The lowest BCUT2D eigenvalue weighted by molar-refractivity contribution is -0.142. The Hall–Kier alpha value is -1.88. The van der Waals surface area contributed by atoms with Crippen LogP contribution >= 0.6 is 0 Å². The average Bonchev–Trinajstić information content (AvgIpc) is 2.46. The normalized spacial score (nSPS) is 12.7. The van der Waals surface area contributed by atoms with E-state index in [0.29, 0.717) is 13.0 Å². The molecule has 1 rings (SSSR count). The van der Waals surface area contributed by atoms with Gasteiger partial charge in [-0.15, -0.1) is 0 Å². The van der Waals surface area contributed by atoms with E-state index in [1.54, 1.807) is 0 Å². The van der Waals surface area contributed by atoms with Gasteiger partial charge in [0.25, 0.3) is 0 Å². The molecule has 0 heterocycles. The van der Waals surface area contributed by atoms with E-state index in [9.17, 15) is 14.7 Å². The van der Waals surface area contributed by atoms with E-state index < -0.39 is 12.0 Å². The zero-order valence-electron chi connectivity index (χ0n) is 14.5. The van der Waals surface area contributed by atoms with Gasteiger partial charge in [0.2, 0.25) is 5.91 Å². The van der Waals surface area contributed by atoms with Gasteiger partial charge < -0.3 is 10.4 Å². The van der Waals surface area contributed by atoms with Crippen LogP contribution in [0.1, 0.15) is 39.7 Å². The van der Waals surface area contributed by atoms with E-state index in [2.05, 4.69) is 5.32 Å². The zero-order valence-corrected chi connectivity index (χ0v) is 14.5. The molecule has 2 N–H and O–H groups in total. The second-order valence-electron chi connectivity index (χ2n) is 6.57. The van der Waals surface area contributed by atoms with E-state index in [0.717, 1.165) is 5.56 Å². The first-order chi connectivity index (χ1) is 10.8. The molecule has 0 aliphatic heterocycles. The summed E-state index contributed by atoms with van der Waals surface area (Å²) in [6.45, 7) is 8.79. The fraction of sp³-hybridized carbons (Fsp3) is 0.556. The maximum atomic E-state index is 12.2. The first kappa shape index (κ1) is 19.2. The van der Waals surface area contributed by atoms with Crippen molar-refractivity contribution in [3.05, 3.63) is 35.9 Å². The van der Waals surface area contributed by atoms with Crippen LogP contribution in [-0.4, -0.2) is 40.5 Å². The largest absolute Gasteiger partial charge is 0.480 e. The summed E-state index contributed by atoms with van der Waals surface area (Å²) in [4.78, 5) is 25.5. The molecular formula is C18H28N2O3. The van der Waals surface area contributed by atoms with Gasteiger partial charge in [-0.25, -0.2) is 4.79 Å². The van der Waals surface area contributed by atoms with Crippen LogP contribution in [0.15, 0.2) is 30.3 Å². The van der Waals surface area contributed by atoms with Crippen LogP contribution in [-0.2, 0) is 16.1 Å². The van der Waals surface area contributed by atoms with Gasteiger partial charge in [-0.05, 0) is 31.7 Å². The lowest BCUT2D eigenvalue weighted by atomic mass is 10.0. The number of nitrogens with one attached hydrogen (secondary N) is 1. The SMILES string of the molecule is CC(C)CC(NC(=O)CN(Cc1ccccc1)C(C)C)C(=O)O. The molecule has 1 aromatic carbocycles. The minimum absolute atomic E-state index is 0.189. The van der Waals surface area contributed by atoms with Gasteiger partial charge in [-0.1, -0.05) is 44.2 Å². The van der Waals surface area contributed by atoms with Gasteiger partial charge in [0.05, 0.1) is 6.54 Å². The molecule has 5 heteroatoms. The second-order valence-corrected chi connectivity index (χ2v) is 6.57. The highest BCUT2D eigenvalue weighted by atomic mass is 16.4. The molecule has 5 nitrogen and oxygen atoms in total. The third kappa shape index (κ3) is 7.28. The Kier molecular flexibility index (Phi) is 7.75. The molecule has 0 aromatic heterocycles. The predicted octanol–water partition coefficient (Wildman–Crippen LogP) is 2.51. The Morgan fingerprint density at radius 3 is 2.22 bits per heavy atom. The van der Waals surface area contributed by atoms with Crippen LogP contribution in [0.2, 0.25) is 0 Å². The number of carboxylic acids is 1. The maximum absolute atomic E-state index is 12.2. The van der Waals surface area contributed by atoms with Crippen molar-refractivity contribution in [2.75, 3.05) is 6.54 Å². The molecule has 128 valence electrons. The van der Waals surface area contributed by atoms with Gasteiger partial charge in [0, 0.05) is 12.6 Å². The van der Waals surface area contributed by atoms with Crippen molar-refractivity contribution in [3.8, 4) is 0 Å². The fourth-order valence-corrected chi connectivity index (χ4v) is 2.36. The summed E-state index contributed by atoms with van der Waals surface area (Å²) < 4.78 is 0. The smallest absolute Gasteiger partial charge is 0.326 e. The lowest BCUT2D eigenvalue weighted by Crippen LogP contribution is -2.47. The Balaban J connectivity index is 2.64. The molecule has 0 fully saturated rings. The summed E-state index contributed by atoms with van der Waals surface area (Å²) >= 11 is 0. The van der Waals surface area contributed by atoms with Crippen LogP contribution in [0.3, 0.4) is 0 Å². The number of hydrogen-bond donors (Lipinski definition) is 2. The number of carbonyl (C=O) groups is 2. The third-order valence-corrected chi connectivity index (χ3v) is 3.65. The number of rotatable bonds is 9. The van der Waals surface area contributed by atoms with Crippen molar-refractivity contribution >= 4 is 11.9 Å². The summed E-state index contributed by atoms with van der Waals surface area (Å²) in [5.74, 6) is -1.02. The molecule has 0 bridgehead atoms. The summed E-state index contributed by atoms with van der Waals surface area (Å²) in [5.41, 5.74) is 1.13. The molecule has 1 aromatic rings. The zero-order chi connectivity index (χ0) is 17.4. The van der Waals surface area contributed by atoms with E-state index in [1.165, 1.54) is 0 Å². The minimum Gasteiger partial charge on any atom is -0.480 e. The standard InChI is InChI=1S/C18H28N2O3/c1-13(2)10-16(18(22)23)19-17(21)12-20(14(3)4)11-15-8-6-5-7-9-15/h5-9,13-14,16H,10-12H2,1-4H3,(H,19,21)(H,22,23). The van der Waals surface area contributed by atoms with Gasteiger partial charge in [0.1, 0.15) is 6.04 Å². The minimum atomic E-state index is -0.980. The monoisotopic (exact) mass is 320 g/mol. The molecule has 0 aliphatic rings. The lowest BCUT2D eigenvalue weighted by Gasteiger charge is -2.27. The summed E-state index contributed by atoms with van der Waals surface area (Å²) in [7, 11) is 0. The third-order valence-electron chi connectivity index (χ3n) is 3.65. The number of benzene rings is 1. The number of nitrogens with zero attached hydrogens (tertiary/aromatic N) is 1. The number of hydrogen-bond acceptors (Lipinski definition) is 3. The van der Waals surface area contributed by atoms with Crippen molar-refractivity contribution in [2.24, 2.45) is 5.92 Å². The topological polar surface area (TPSA) is 69.6 Å². The maximum Gasteiger partial charge on any atom is 0.326 e. The summed E-state index contributed by atoms with van der Waals surface area (Å²) in [5, 5.41) is 11.9. The van der Waals surface area contributed by atoms with Crippen molar-refractivity contribution < 1.29 is 14.7 Å². The Labute approximate surface area is 138 Å². The predicted molar refractivity (Wildman–Crippen MR) is 91.0 cm³/mol. The molecule has 1 unspecified atom stereocenters. The quantitative estimate of drug-likeness (QED) is 0.733. The van der Waals surface area contributed by atoms with Crippen molar-refractivity contribution in [2.45, 2.75) is 52.7 Å².